The molecule has 110 valence electrons. The van der Waals surface area contributed by atoms with Crippen molar-refractivity contribution < 1.29 is 9.13 Å². The van der Waals surface area contributed by atoms with Gasteiger partial charge in [-0.15, -0.1) is 0 Å². The zero-order valence-electron chi connectivity index (χ0n) is 11.6. The van der Waals surface area contributed by atoms with Crippen molar-refractivity contribution >= 4 is 15.9 Å². The lowest BCUT2D eigenvalue weighted by Crippen LogP contribution is -2.15. The van der Waals surface area contributed by atoms with Crippen molar-refractivity contribution in [2.24, 2.45) is 0 Å². The Morgan fingerprint density at radius 1 is 1.19 bits per heavy atom. The molecule has 0 aliphatic heterocycles. The fourth-order valence-electron chi connectivity index (χ4n) is 2.09. The first-order valence-electron chi connectivity index (χ1n) is 7.10. The minimum absolute atomic E-state index is 0.227. The molecule has 0 unspecified atom stereocenters. The Morgan fingerprint density at radius 3 is 2.71 bits per heavy atom. The summed E-state index contributed by atoms with van der Waals surface area (Å²) in [6, 6.07) is 13.4. The molecular weight excluding hydrogens is 333 g/mol. The summed E-state index contributed by atoms with van der Waals surface area (Å²) in [5.74, 6) is 0.493. The number of ether oxygens (including phenoxy) is 1. The van der Waals surface area contributed by atoms with Crippen molar-refractivity contribution in [1.29, 1.82) is 0 Å². The Morgan fingerprint density at radius 2 is 2.00 bits per heavy atom. The molecule has 0 aromatic heterocycles. The molecule has 0 radical (unpaired) electrons. The van der Waals surface area contributed by atoms with E-state index in [0.29, 0.717) is 11.6 Å². The Hall–Kier alpha value is -1.39. The molecule has 1 fully saturated rings. The number of nitrogens with one attached hydrogen (secondary N) is 1. The van der Waals surface area contributed by atoms with E-state index >= 15 is 0 Å². The fraction of sp³-hybridized carbons (Fsp3) is 0.294. The maximum atomic E-state index is 13.5. The highest BCUT2D eigenvalue weighted by Gasteiger charge is 2.20. The monoisotopic (exact) mass is 349 g/mol. The normalized spacial score (nSPS) is 14.2. The van der Waals surface area contributed by atoms with Crippen LogP contribution in [0.25, 0.3) is 0 Å². The lowest BCUT2D eigenvalue weighted by Gasteiger charge is -2.11. The summed E-state index contributed by atoms with van der Waals surface area (Å²) >= 11 is 3.52. The van der Waals surface area contributed by atoms with Crippen molar-refractivity contribution in [2.75, 3.05) is 0 Å². The smallest absolute Gasteiger partial charge is 0.134 e. The highest BCUT2D eigenvalue weighted by Crippen LogP contribution is 2.27. The summed E-state index contributed by atoms with van der Waals surface area (Å²) in [5, 5.41) is 3.47. The van der Waals surface area contributed by atoms with Gasteiger partial charge in [-0.25, -0.2) is 4.39 Å². The zero-order valence-corrected chi connectivity index (χ0v) is 13.2. The quantitative estimate of drug-likeness (QED) is 0.833. The molecule has 21 heavy (non-hydrogen) atoms. The second-order valence-electron chi connectivity index (χ2n) is 5.30. The summed E-state index contributed by atoms with van der Waals surface area (Å²) in [5.41, 5.74) is 1.77. The van der Waals surface area contributed by atoms with E-state index in [1.54, 1.807) is 12.1 Å². The van der Waals surface area contributed by atoms with Gasteiger partial charge in [0.1, 0.15) is 18.2 Å². The lowest BCUT2D eigenvalue weighted by atomic mass is 10.2. The molecule has 0 bridgehead atoms. The summed E-state index contributed by atoms with van der Waals surface area (Å²) in [6.45, 7) is 1.10. The molecule has 1 N–H and O–H groups in total. The SMILES string of the molecule is Fc1ccccc1COc1ccc(CNC2CC2)cc1Br. The number of halogens is 2. The minimum Gasteiger partial charge on any atom is -0.488 e. The number of benzene rings is 2. The van der Waals surface area contributed by atoms with Crippen LogP contribution in [0.5, 0.6) is 5.75 Å². The molecule has 0 atom stereocenters. The first-order valence-corrected chi connectivity index (χ1v) is 7.89. The second-order valence-corrected chi connectivity index (χ2v) is 6.15. The maximum absolute atomic E-state index is 13.5. The maximum Gasteiger partial charge on any atom is 0.134 e. The van der Waals surface area contributed by atoms with Crippen LogP contribution in [-0.2, 0) is 13.2 Å². The van der Waals surface area contributed by atoms with Gasteiger partial charge in [-0.2, -0.15) is 0 Å². The molecule has 0 spiro atoms. The van der Waals surface area contributed by atoms with Crippen molar-refractivity contribution in [2.45, 2.75) is 32.0 Å². The first kappa shape index (κ1) is 14.5. The van der Waals surface area contributed by atoms with E-state index in [1.165, 1.54) is 24.5 Å². The molecule has 1 aliphatic carbocycles. The Kier molecular flexibility index (Phi) is 4.56. The van der Waals surface area contributed by atoms with Gasteiger partial charge in [0.05, 0.1) is 4.47 Å². The number of hydrogen-bond acceptors (Lipinski definition) is 2. The zero-order chi connectivity index (χ0) is 14.7. The van der Waals surface area contributed by atoms with Crippen LogP contribution < -0.4 is 10.1 Å². The predicted octanol–water partition coefficient (Wildman–Crippen LogP) is 4.42. The van der Waals surface area contributed by atoms with E-state index in [-0.39, 0.29) is 12.4 Å². The van der Waals surface area contributed by atoms with E-state index in [1.807, 2.05) is 24.3 Å². The van der Waals surface area contributed by atoms with E-state index in [4.69, 9.17) is 4.74 Å². The summed E-state index contributed by atoms with van der Waals surface area (Å²) in [4.78, 5) is 0. The standard InChI is InChI=1S/C17H17BrFNO/c18-15-9-12(10-20-14-6-7-14)5-8-17(15)21-11-13-3-1-2-4-16(13)19/h1-5,8-9,14,20H,6-7,10-11H2. The third-order valence-corrected chi connectivity index (χ3v) is 4.13. The van der Waals surface area contributed by atoms with Crippen molar-refractivity contribution in [3.63, 3.8) is 0 Å². The topological polar surface area (TPSA) is 21.3 Å². The Balaban J connectivity index is 1.61. The number of rotatable bonds is 6. The molecule has 2 nitrogen and oxygen atoms in total. The van der Waals surface area contributed by atoms with Crippen LogP contribution >= 0.6 is 15.9 Å². The molecular formula is C17H17BrFNO. The summed E-state index contributed by atoms with van der Waals surface area (Å²) in [7, 11) is 0. The average molecular weight is 350 g/mol. The predicted molar refractivity (Wildman–Crippen MR) is 84.7 cm³/mol. The molecule has 3 rings (SSSR count). The van der Waals surface area contributed by atoms with Crippen LogP contribution in [0.15, 0.2) is 46.9 Å². The van der Waals surface area contributed by atoms with E-state index in [0.717, 1.165) is 16.8 Å². The Bertz CT molecular complexity index is 628. The average Bonchev–Trinajstić information content (AvgIpc) is 3.30. The first-order chi connectivity index (χ1) is 10.2. The van der Waals surface area contributed by atoms with Gasteiger partial charge >= 0.3 is 0 Å². The van der Waals surface area contributed by atoms with Gasteiger partial charge in [0.15, 0.2) is 0 Å². The van der Waals surface area contributed by atoms with Gasteiger partial charge in [0.2, 0.25) is 0 Å². The molecule has 2 aromatic carbocycles. The summed E-state index contributed by atoms with van der Waals surface area (Å²) < 4.78 is 20.1. The molecule has 0 amide bonds. The molecule has 1 aliphatic rings. The van der Waals surface area contributed by atoms with E-state index in [2.05, 4.69) is 21.2 Å². The molecule has 2 aromatic rings. The van der Waals surface area contributed by atoms with Gasteiger partial charge in [-0.1, -0.05) is 24.3 Å². The molecule has 4 heteroatoms. The van der Waals surface area contributed by atoms with Crippen LogP contribution in [0.1, 0.15) is 24.0 Å². The van der Waals surface area contributed by atoms with Crippen molar-refractivity contribution in [3.8, 4) is 5.75 Å². The van der Waals surface area contributed by atoms with Crippen LogP contribution in [0, 0.1) is 5.82 Å². The third-order valence-electron chi connectivity index (χ3n) is 3.51. The van der Waals surface area contributed by atoms with Crippen LogP contribution in [0.4, 0.5) is 4.39 Å². The third kappa shape index (κ3) is 4.05. The largest absolute Gasteiger partial charge is 0.488 e. The van der Waals surface area contributed by atoms with Crippen LogP contribution in [-0.4, -0.2) is 6.04 Å². The molecule has 0 saturated heterocycles. The van der Waals surface area contributed by atoms with Gasteiger partial charge in [0.25, 0.3) is 0 Å². The van der Waals surface area contributed by atoms with Crippen LogP contribution in [0.3, 0.4) is 0 Å². The Labute approximate surface area is 132 Å². The van der Waals surface area contributed by atoms with E-state index < -0.39 is 0 Å². The molecule has 1 saturated carbocycles. The minimum atomic E-state index is -0.237. The highest BCUT2D eigenvalue weighted by atomic mass is 79.9. The van der Waals surface area contributed by atoms with Crippen molar-refractivity contribution in [3.05, 3.63) is 63.9 Å². The van der Waals surface area contributed by atoms with Gasteiger partial charge in [0, 0.05) is 18.2 Å². The van der Waals surface area contributed by atoms with Gasteiger partial charge < -0.3 is 10.1 Å². The van der Waals surface area contributed by atoms with Crippen molar-refractivity contribution in [1.82, 2.24) is 5.32 Å². The van der Waals surface area contributed by atoms with Gasteiger partial charge in [-0.05, 0) is 52.5 Å². The fourth-order valence-corrected chi connectivity index (χ4v) is 2.63. The van der Waals surface area contributed by atoms with Gasteiger partial charge in [-0.3, -0.25) is 0 Å². The second kappa shape index (κ2) is 6.58. The number of hydrogen-bond donors (Lipinski definition) is 1. The highest BCUT2D eigenvalue weighted by molar-refractivity contribution is 9.10. The molecule has 0 heterocycles. The van der Waals surface area contributed by atoms with Crippen LogP contribution in [0.2, 0.25) is 0 Å². The van der Waals surface area contributed by atoms with E-state index in [9.17, 15) is 4.39 Å². The summed E-state index contributed by atoms with van der Waals surface area (Å²) in [6.07, 6.45) is 2.57. The lowest BCUT2D eigenvalue weighted by molar-refractivity contribution is 0.298.